The van der Waals surface area contributed by atoms with Crippen molar-refractivity contribution in [1.29, 1.82) is 0 Å². The second-order valence-corrected chi connectivity index (χ2v) is 12.9. The first-order valence-electron chi connectivity index (χ1n) is 14.5. The van der Waals surface area contributed by atoms with Crippen molar-refractivity contribution in [2.45, 2.75) is 19.6 Å². The number of hydrogen-bond acceptors (Lipinski definition) is 7. The van der Waals surface area contributed by atoms with E-state index in [2.05, 4.69) is 58.4 Å². The predicted molar refractivity (Wildman–Crippen MR) is 176 cm³/mol. The van der Waals surface area contributed by atoms with Crippen LogP contribution in [0.1, 0.15) is 16.7 Å². The third-order valence-electron chi connectivity index (χ3n) is 7.63. The first-order valence-corrected chi connectivity index (χ1v) is 16.4. The molecule has 10 nitrogen and oxygen atoms in total. The first-order chi connectivity index (χ1) is 22.3. The molecule has 7 rings (SSSR count). The third kappa shape index (κ3) is 6.40. The number of fused-ring (bicyclic) bond motifs is 2. The monoisotopic (exact) mass is 632 g/mol. The number of sulfonamides is 1. The van der Waals surface area contributed by atoms with Crippen molar-refractivity contribution in [2.24, 2.45) is 0 Å². The zero-order valence-electron chi connectivity index (χ0n) is 24.8. The van der Waals surface area contributed by atoms with E-state index in [0.717, 1.165) is 57.2 Å². The van der Waals surface area contributed by atoms with Gasteiger partial charge >= 0.3 is 0 Å². The van der Waals surface area contributed by atoms with Gasteiger partial charge in [0.25, 0.3) is 0 Å². The normalized spacial score (nSPS) is 11.9. The summed E-state index contributed by atoms with van der Waals surface area (Å²) < 4.78 is 40.2. The number of nitrogens with zero attached hydrogens (tertiary/aromatic N) is 4. The van der Waals surface area contributed by atoms with Gasteiger partial charge in [0.15, 0.2) is 0 Å². The van der Waals surface area contributed by atoms with Gasteiger partial charge in [-0.3, -0.25) is 15.1 Å². The molecule has 0 aliphatic carbocycles. The van der Waals surface area contributed by atoms with Crippen molar-refractivity contribution in [1.82, 2.24) is 40.2 Å². The summed E-state index contributed by atoms with van der Waals surface area (Å²) >= 11 is 0. The second kappa shape index (κ2) is 12.2. The highest BCUT2D eigenvalue weighted by atomic mass is 32.2. The maximum absolute atomic E-state index is 14.6. The number of aromatic amines is 2. The van der Waals surface area contributed by atoms with Gasteiger partial charge in [-0.15, -0.1) is 0 Å². The maximum atomic E-state index is 14.6. The summed E-state index contributed by atoms with van der Waals surface area (Å²) in [7, 11) is -3.43. The van der Waals surface area contributed by atoms with Gasteiger partial charge in [0.2, 0.25) is 10.0 Å². The molecule has 0 bridgehead atoms. The molecule has 0 atom stereocenters. The van der Waals surface area contributed by atoms with E-state index < -0.39 is 15.8 Å². The zero-order valence-corrected chi connectivity index (χ0v) is 25.6. The predicted octanol–water partition coefficient (Wildman–Crippen LogP) is 5.71. The number of aromatic nitrogens is 6. The number of benzene rings is 2. The highest BCUT2D eigenvalue weighted by molar-refractivity contribution is 7.88. The fourth-order valence-electron chi connectivity index (χ4n) is 5.48. The minimum absolute atomic E-state index is 0.0194. The fraction of sp³-hybridized carbons (Fsp3) is 0.118. The van der Waals surface area contributed by atoms with Gasteiger partial charge in [0, 0.05) is 54.6 Å². The first kappa shape index (κ1) is 29.4. The number of halogens is 1. The fourth-order valence-corrected chi connectivity index (χ4v) is 5.91. The largest absolute Gasteiger partial charge is 0.338 e. The Hall–Kier alpha value is -5.30. The van der Waals surface area contributed by atoms with Crippen LogP contribution >= 0.6 is 0 Å². The van der Waals surface area contributed by atoms with Crippen LogP contribution in [-0.4, -0.2) is 44.8 Å². The Morgan fingerprint density at radius 3 is 2.48 bits per heavy atom. The standard InChI is InChI=1S/C34H29FN8O2S/c1-46(44,45)40-18-22-9-24(12-26(35)11-22)27-7-8-38-34-28(27)13-31(41-34)33-29-14-30(39-20-32(29)42-43-33)25-10-23(17-37-19-25)16-36-15-21-5-3-2-4-6-21/h2-14,17,19-20,36,40H,15-16,18H2,1H3,(H,38,41)(H,42,43). The highest BCUT2D eigenvalue weighted by Gasteiger charge is 2.16. The summed E-state index contributed by atoms with van der Waals surface area (Å²) in [6.45, 7) is 1.41. The Bertz CT molecular complexity index is 2300. The van der Waals surface area contributed by atoms with Crippen molar-refractivity contribution in [3.8, 4) is 33.8 Å². The molecule has 12 heteroatoms. The van der Waals surface area contributed by atoms with Crippen LogP contribution in [0.3, 0.4) is 0 Å². The molecule has 0 saturated heterocycles. The van der Waals surface area contributed by atoms with E-state index in [4.69, 9.17) is 0 Å². The average molecular weight is 633 g/mol. The number of hydrogen-bond donors (Lipinski definition) is 4. The van der Waals surface area contributed by atoms with Crippen molar-refractivity contribution in [3.05, 3.63) is 120 Å². The molecule has 0 spiro atoms. The van der Waals surface area contributed by atoms with Crippen LogP contribution in [0.2, 0.25) is 0 Å². The average Bonchev–Trinajstić information content (AvgIpc) is 3.68. The molecule has 2 aromatic carbocycles. The SMILES string of the molecule is CS(=O)(=O)NCc1cc(F)cc(-c2ccnc3[nH]c(-c4n[nH]c5cnc(-c6cncc(CNCc7ccccc7)c6)cc45)cc23)c1. The third-order valence-corrected chi connectivity index (χ3v) is 8.30. The number of rotatable bonds is 10. The summed E-state index contributed by atoms with van der Waals surface area (Å²) in [5, 5.41) is 12.8. The molecule has 0 aliphatic rings. The van der Waals surface area contributed by atoms with Crippen molar-refractivity contribution >= 4 is 32.0 Å². The molecule has 0 radical (unpaired) electrons. The molecule has 230 valence electrons. The Morgan fingerprint density at radius 2 is 1.63 bits per heavy atom. The van der Waals surface area contributed by atoms with Gasteiger partial charge in [-0.25, -0.2) is 22.5 Å². The highest BCUT2D eigenvalue weighted by Crippen LogP contribution is 2.34. The van der Waals surface area contributed by atoms with Crippen molar-refractivity contribution in [3.63, 3.8) is 0 Å². The lowest BCUT2D eigenvalue weighted by Crippen LogP contribution is -2.21. The van der Waals surface area contributed by atoms with Crippen LogP contribution in [0.4, 0.5) is 4.39 Å². The smallest absolute Gasteiger partial charge is 0.209 e. The molecule has 0 amide bonds. The summed E-state index contributed by atoms with van der Waals surface area (Å²) in [5.74, 6) is -0.465. The Balaban J connectivity index is 1.19. The van der Waals surface area contributed by atoms with E-state index in [1.165, 1.54) is 17.7 Å². The van der Waals surface area contributed by atoms with Gasteiger partial charge < -0.3 is 10.3 Å². The Kier molecular flexibility index (Phi) is 7.83. The van der Waals surface area contributed by atoms with E-state index in [9.17, 15) is 12.8 Å². The molecule has 0 fully saturated rings. The molecular weight excluding hydrogens is 603 g/mol. The van der Waals surface area contributed by atoms with Gasteiger partial charge in [-0.05, 0) is 70.3 Å². The molecule has 0 unspecified atom stereocenters. The van der Waals surface area contributed by atoms with E-state index >= 15 is 0 Å². The number of nitrogens with one attached hydrogen (secondary N) is 4. The minimum Gasteiger partial charge on any atom is -0.338 e. The molecule has 5 heterocycles. The van der Waals surface area contributed by atoms with Gasteiger partial charge in [0.05, 0.1) is 29.4 Å². The van der Waals surface area contributed by atoms with Crippen LogP contribution in [-0.2, 0) is 29.7 Å². The summed E-state index contributed by atoms with van der Waals surface area (Å²) in [5.41, 5.74) is 8.57. The van der Waals surface area contributed by atoms with Crippen LogP contribution < -0.4 is 10.0 Å². The van der Waals surface area contributed by atoms with Gasteiger partial charge in [-0.2, -0.15) is 5.10 Å². The number of H-pyrrole nitrogens is 2. The van der Waals surface area contributed by atoms with Crippen LogP contribution in [0.5, 0.6) is 0 Å². The Morgan fingerprint density at radius 1 is 0.804 bits per heavy atom. The van der Waals surface area contributed by atoms with Crippen LogP contribution in [0.15, 0.2) is 97.6 Å². The maximum Gasteiger partial charge on any atom is 0.209 e. The van der Waals surface area contributed by atoms with E-state index in [0.29, 0.717) is 29.0 Å². The van der Waals surface area contributed by atoms with E-state index in [1.807, 2.05) is 42.6 Å². The van der Waals surface area contributed by atoms with Crippen LogP contribution in [0.25, 0.3) is 55.7 Å². The van der Waals surface area contributed by atoms with Gasteiger partial charge in [-0.1, -0.05) is 30.3 Å². The topological polar surface area (TPSA) is 141 Å². The molecular formula is C34H29FN8O2S. The lowest BCUT2D eigenvalue weighted by atomic mass is 10.0. The Labute approximate surface area is 264 Å². The van der Waals surface area contributed by atoms with Crippen molar-refractivity contribution in [2.75, 3.05) is 6.26 Å². The van der Waals surface area contributed by atoms with Gasteiger partial charge in [0.1, 0.15) is 17.2 Å². The molecule has 0 saturated carbocycles. The van der Waals surface area contributed by atoms with Crippen molar-refractivity contribution < 1.29 is 12.8 Å². The lowest BCUT2D eigenvalue weighted by molar-refractivity contribution is 0.586. The number of pyridine rings is 3. The summed E-state index contributed by atoms with van der Waals surface area (Å²) in [6.07, 6.45) is 8.12. The van der Waals surface area contributed by atoms with E-state index in [-0.39, 0.29) is 6.54 Å². The summed E-state index contributed by atoms with van der Waals surface area (Å²) in [6, 6.07) is 22.6. The second-order valence-electron chi connectivity index (χ2n) is 11.1. The molecule has 46 heavy (non-hydrogen) atoms. The molecule has 7 aromatic rings. The molecule has 0 aliphatic heterocycles. The quantitative estimate of drug-likeness (QED) is 0.151. The summed E-state index contributed by atoms with van der Waals surface area (Å²) in [4.78, 5) is 17.0. The van der Waals surface area contributed by atoms with E-state index in [1.54, 1.807) is 24.7 Å². The zero-order chi connectivity index (χ0) is 31.7. The minimum atomic E-state index is -3.43. The lowest BCUT2D eigenvalue weighted by Gasteiger charge is -2.08. The molecule has 4 N–H and O–H groups in total. The van der Waals surface area contributed by atoms with Crippen LogP contribution in [0, 0.1) is 5.82 Å². The molecule has 5 aromatic heterocycles.